The van der Waals surface area contributed by atoms with Gasteiger partial charge < -0.3 is 9.80 Å². The fourth-order valence-corrected chi connectivity index (χ4v) is 6.28. The molecule has 2 amide bonds. The van der Waals surface area contributed by atoms with Crippen LogP contribution in [0.5, 0.6) is 0 Å². The van der Waals surface area contributed by atoms with Crippen LogP contribution in [0.15, 0.2) is 24.3 Å². The lowest BCUT2D eigenvalue weighted by Gasteiger charge is -2.34. The van der Waals surface area contributed by atoms with Crippen LogP contribution in [0, 0.1) is 0 Å². The highest BCUT2D eigenvalue weighted by molar-refractivity contribution is 7.21. The van der Waals surface area contributed by atoms with E-state index in [2.05, 4.69) is 28.0 Å². The van der Waals surface area contributed by atoms with Crippen LogP contribution in [0.1, 0.15) is 60.2 Å². The van der Waals surface area contributed by atoms with Gasteiger partial charge in [-0.1, -0.05) is 37.5 Å². The van der Waals surface area contributed by atoms with Crippen molar-refractivity contribution < 1.29 is 9.59 Å². The summed E-state index contributed by atoms with van der Waals surface area (Å²) < 4.78 is 1.16. The van der Waals surface area contributed by atoms with Crippen molar-refractivity contribution in [2.45, 2.75) is 57.4 Å². The molecule has 1 aromatic heterocycles. The standard InChI is InChI=1S/C25H35N3O2S/c1-26(2)25(30)24-21(20-12-6-7-13-22(20)31-24)17-19-11-5-3-10-16-28(19)23(29)18-27-14-8-4-9-15-27/h6-7,12-13,19H,3-5,8-11,14-18H2,1-2H3/t19-/m1/s1. The molecule has 168 valence electrons. The molecule has 2 saturated heterocycles. The summed E-state index contributed by atoms with van der Waals surface area (Å²) in [5.74, 6) is 0.338. The molecule has 0 bridgehead atoms. The number of likely N-dealkylation sites (tertiary alicyclic amines) is 2. The summed E-state index contributed by atoms with van der Waals surface area (Å²) >= 11 is 1.59. The summed E-state index contributed by atoms with van der Waals surface area (Å²) in [6.45, 7) is 3.47. The van der Waals surface area contributed by atoms with E-state index in [4.69, 9.17) is 0 Å². The van der Waals surface area contributed by atoms with Gasteiger partial charge in [-0.25, -0.2) is 0 Å². The molecule has 1 aromatic carbocycles. The molecular weight excluding hydrogens is 406 g/mol. The van der Waals surface area contributed by atoms with Gasteiger partial charge in [-0.2, -0.15) is 0 Å². The molecule has 0 saturated carbocycles. The third-order valence-electron chi connectivity index (χ3n) is 6.74. The number of carbonyl (C=O) groups excluding carboxylic acids is 2. The van der Waals surface area contributed by atoms with E-state index in [1.807, 2.05) is 20.2 Å². The predicted octanol–water partition coefficient (Wildman–Crippen LogP) is 4.40. The molecule has 6 heteroatoms. The van der Waals surface area contributed by atoms with Gasteiger partial charge in [0.1, 0.15) is 0 Å². The first kappa shape index (κ1) is 22.3. The van der Waals surface area contributed by atoms with Gasteiger partial charge in [-0.15, -0.1) is 11.3 Å². The number of amides is 2. The highest BCUT2D eigenvalue weighted by atomic mass is 32.1. The Morgan fingerprint density at radius 2 is 1.71 bits per heavy atom. The molecule has 5 nitrogen and oxygen atoms in total. The Morgan fingerprint density at radius 3 is 2.48 bits per heavy atom. The van der Waals surface area contributed by atoms with Crippen LogP contribution in [-0.4, -0.2) is 72.8 Å². The highest BCUT2D eigenvalue weighted by Gasteiger charge is 2.30. The molecule has 0 unspecified atom stereocenters. The Bertz CT molecular complexity index is 917. The molecule has 0 N–H and O–H groups in total. The second-order valence-corrected chi connectivity index (χ2v) is 10.3. The van der Waals surface area contributed by atoms with Crippen molar-refractivity contribution in [2.75, 3.05) is 40.3 Å². The van der Waals surface area contributed by atoms with E-state index < -0.39 is 0 Å². The van der Waals surface area contributed by atoms with Crippen LogP contribution in [0.25, 0.3) is 10.1 Å². The fraction of sp³-hybridized carbons (Fsp3) is 0.600. The molecule has 0 aliphatic carbocycles. The maximum Gasteiger partial charge on any atom is 0.263 e. The lowest BCUT2D eigenvalue weighted by molar-refractivity contribution is -0.134. The molecule has 2 aromatic rings. The van der Waals surface area contributed by atoms with Crippen molar-refractivity contribution in [1.29, 1.82) is 0 Å². The van der Waals surface area contributed by atoms with Crippen LogP contribution >= 0.6 is 11.3 Å². The lowest BCUT2D eigenvalue weighted by Crippen LogP contribution is -2.47. The van der Waals surface area contributed by atoms with Crippen LogP contribution in [0.4, 0.5) is 0 Å². The number of hydrogen-bond acceptors (Lipinski definition) is 4. The number of rotatable bonds is 5. The largest absolute Gasteiger partial charge is 0.344 e. The molecule has 2 aliphatic heterocycles. The Balaban J connectivity index is 1.60. The van der Waals surface area contributed by atoms with Crippen molar-refractivity contribution in [2.24, 2.45) is 0 Å². The lowest BCUT2D eigenvalue weighted by atomic mass is 9.97. The molecule has 2 aliphatic rings. The third-order valence-corrected chi connectivity index (χ3v) is 7.94. The van der Waals surface area contributed by atoms with Crippen molar-refractivity contribution >= 4 is 33.2 Å². The monoisotopic (exact) mass is 441 g/mol. The first-order chi connectivity index (χ1) is 15.0. The zero-order valence-electron chi connectivity index (χ0n) is 18.9. The number of thiophene rings is 1. The maximum atomic E-state index is 13.4. The summed E-state index contributed by atoms with van der Waals surface area (Å²) in [4.78, 5) is 33.3. The van der Waals surface area contributed by atoms with E-state index in [9.17, 15) is 9.59 Å². The van der Waals surface area contributed by atoms with Crippen LogP contribution < -0.4 is 0 Å². The molecule has 4 rings (SSSR count). The quantitative estimate of drug-likeness (QED) is 0.691. The number of piperidine rings is 1. The summed E-state index contributed by atoms with van der Waals surface area (Å²) in [6.07, 6.45) is 8.88. The van der Waals surface area contributed by atoms with Gasteiger partial charge in [0.2, 0.25) is 5.91 Å². The first-order valence-electron chi connectivity index (χ1n) is 11.8. The van der Waals surface area contributed by atoms with Crippen molar-refractivity contribution in [3.05, 3.63) is 34.7 Å². The summed E-state index contributed by atoms with van der Waals surface area (Å²) in [5.41, 5.74) is 1.13. The average Bonchev–Trinajstić information content (AvgIpc) is 2.96. The van der Waals surface area contributed by atoms with Gasteiger partial charge >= 0.3 is 0 Å². The van der Waals surface area contributed by atoms with Crippen LogP contribution in [0.3, 0.4) is 0 Å². The molecule has 3 heterocycles. The smallest absolute Gasteiger partial charge is 0.263 e. The van der Waals surface area contributed by atoms with Crippen LogP contribution in [-0.2, 0) is 11.2 Å². The van der Waals surface area contributed by atoms with E-state index in [1.165, 1.54) is 31.1 Å². The molecular formula is C25H35N3O2S. The van der Waals surface area contributed by atoms with Gasteiger partial charge in [-0.05, 0) is 62.2 Å². The summed E-state index contributed by atoms with van der Waals surface area (Å²) in [5, 5.41) is 1.17. The Labute approximate surface area is 190 Å². The zero-order chi connectivity index (χ0) is 21.8. The van der Waals surface area contributed by atoms with E-state index in [-0.39, 0.29) is 17.9 Å². The van der Waals surface area contributed by atoms with Crippen molar-refractivity contribution in [3.8, 4) is 0 Å². The number of benzene rings is 1. The van der Waals surface area contributed by atoms with E-state index in [0.29, 0.717) is 6.54 Å². The number of hydrogen-bond donors (Lipinski definition) is 0. The van der Waals surface area contributed by atoms with Gasteiger partial charge in [0, 0.05) is 31.4 Å². The molecule has 0 radical (unpaired) electrons. The van der Waals surface area contributed by atoms with Crippen molar-refractivity contribution in [1.82, 2.24) is 14.7 Å². The molecule has 1 atom stereocenters. The third kappa shape index (κ3) is 5.12. The molecule has 0 spiro atoms. The van der Waals surface area contributed by atoms with Crippen LogP contribution in [0.2, 0.25) is 0 Å². The second-order valence-electron chi connectivity index (χ2n) is 9.24. The topological polar surface area (TPSA) is 43.9 Å². The first-order valence-corrected chi connectivity index (χ1v) is 12.6. The van der Waals surface area contributed by atoms with E-state index >= 15 is 0 Å². The number of carbonyl (C=O) groups is 2. The van der Waals surface area contributed by atoms with Gasteiger partial charge in [0.15, 0.2) is 0 Å². The van der Waals surface area contributed by atoms with E-state index in [0.717, 1.165) is 60.5 Å². The second kappa shape index (κ2) is 10.1. The number of fused-ring (bicyclic) bond motifs is 1. The Hall–Kier alpha value is -1.92. The fourth-order valence-electron chi connectivity index (χ4n) is 5.03. The molecule has 2 fully saturated rings. The van der Waals surface area contributed by atoms with Gasteiger partial charge in [0.25, 0.3) is 5.91 Å². The molecule has 31 heavy (non-hydrogen) atoms. The zero-order valence-corrected chi connectivity index (χ0v) is 19.8. The summed E-state index contributed by atoms with van der Waals surface area (Å²) in [6, 6.07) is 8.49. The average molecular weight is 442 g/mol. The van der Waals surface area contributed by atoms with Gasteiger partial charge in [0.05, 0.1) is 11.4 Å². The SMILES string of the molecule is CN(C)C(=O)c1sc2ccccc2c1C[C@H]1CCCCCN1C(=O)CN1CCCCC1. The minimum atomic E-state index is 0.0658. The van der Waals surface area contributed by atoms with Gasteiger partial charge in [-0.3, -0.25) is 14.5 Å². The van der Waals surface area contributed by atoms with E-state index in [1.54, 1.807) is 16.2 Å². The summed E-state index contributed by atoms with van der Waals surface area (Å²) in [7, 11) is 3.63. The normalized spacial score (nSPS) is 20.6. The number of nitrogens with zero attached hydrogens (tertiary/aromatic N) is 3. The Morgan fingerprint density at radius 1 is 1.00 bits per heavy atom. The highest BCUT2D eigenvalue weighted by Crippen LogP contribution is 2.34. The minimum absolute atomic E-state index is 0.0658. The predicted molar refractivity (Wildman–Crippen MR) is 128 cm³/mol. The minimum Gasteiger partial charge on any atom is -0.344 e. The Kier molecular flexibility index (Phi) is 7.28. The maximum absolute atomic E-state index is 13.4. The van der Waals surface area contributed by atoms with Crippen molar-refractivity contribution in [3.63, 3.8) is 0 Å².